The van der Waals surface area contributed by atoms with E-state index in [1.165, 1.54) is 6.07 Å². The van der Waals surface area contributed by atoms with Gasteiger partial charge in [-0.1, -0.05) is 48.5 Å². The molecule has 0 saturated carbocycles. The largest absolute Gasteiger partial charge is 0.387 e. The molecule has 0 fully saturated rings. The summed E-state index contributed by atoms with van der Waals surface area (Å²) in [7, 11) is 0. The molecule has 3 heteroatoms. The molecule has 0 aromatic heterocycles. The molecule has 0 heterocycles. The second-order valence-corrected chi connectivity index (χ2v) is 4.15. The number of halogens is 1. The molecule has 0 aliphatic heterocycles. The lowest BCUT2D eigenvalue weighted by molar-refractivity contribution is 0.174. The third-order valence-corrected chi connectivity index (χ3v) is 2.80. The van der Waals surface area contributed by atoms with E-state index in [-0.39, 0.29) is 5.82 Å². The molecule has 0 spiro atoms. The maximum Gasteiger partial charge on any atom is 0.127 e. The molecule has 0 amide bonds. The number of aliphatic hydroxyl groups excluding tert-OH is 1. The molecule has 0 aliphatic rings. The predicted octanol–water partition coefficient (Wildman–Crippen LogP) is 2.65. The smallest absolute Gasteiger partial charge is 0.127 e. The molecule has 2 aromatic rings. The fraction of sp³-hybridized carbons (Fsp3) is 0.200. The number of hydrogen-bond donors (Lipinski definition) is 2. The molecule has 94 valence electrons. The first kappa shape index (κ1) is 12.7. The molecule has 0 saturated heterocycles. The lowest BCUT2D eigenvalue weighted by Gasteiger charge is -2.12. The Labute approximate surface area is 106 Å². The minimum absolute atomic E-state index is 0.223. The molecule has 2 nitrogen and oxygen atoms in total. The van der Waals surface area contributed by atoms with Crippen molar-refractivity contribution in [3.63, 3.8) is 0 Å². The monoisotopic (exact) mass is 245 g/mol. The Hall–Kier alpha value is -1.71. The third-order valence-electron chi connectivity index (χ3n) is 2.80. The summed E-state index contributed by atoms with van der Waals surface area (Å²) in [5.41, 5.74) is 1.47. The first-order valence-electron chi connectivity index (χ1n) is 5.94. The zero-order valence-electron chi connectivity index (χ0n) is 10.0. The molecule has 2 N–H and O–H groups in total. The Kier molecular flexibility index (Phi) is 4.45. The Morgan fingerprint density at radius 1 is 1.00 bits per heavy atom. The van der Waals surface area contributed by atoms with Crippen LogP contribution in [0, 0.1) is 5.82 Å². The van der Waals surface area contributed by atoms with Crippen molar-refractivity contribution in [1.82, 2.24) is 5.32 Å². The van der Waals surface area contributed by atoms with Crippen LogP contribution in [-0.2, 0) is 6.54 Å². The average Bonchev–Trinajstić information content (AvgIpc) is 2.42. The highest BCUT2D eigenvalue weighted by Gasteiger charge is 2.06. The van der Waals surface area contributed by atoms with Crippen LogP contribution in [0.3, 0.4) is 0 Å². The highest BCUT2D eigenvalue weighted by atomic mass is 19.1. The number of nitrogens with one attached hydrogen (secondary N) is 1. The van der Waals surface area contributed by atoms with Crippen LogP contribution in [0.15, 0.2) is 54.6 Å². The zero-order valence-corrected chi connectivity index (χ0v) is 10.0. The van der Waals surface area contributed by atoms with Gasteiger partial charge in [-0.25, -0.2) is 4.39 Å². The van der Waals surface area contributed by atoms with E-state index in [1.54, 1.807) is 18.2 Å². The van der Waals surface area contributed by atoms with Crippen molar-refractivity contribution in [2.24, 2.45) is 0 Å². The second kappa shape index (κ2) is 6.28. The van der Waals surface area contributed by atoms with E-state index < -0.39 is 6.10 Å². The van der Waals surface area contributed by atoms with Crippen molar-refractivity contribution in [1.29, 1.82) is 0 Å². The predicted molar refractivity (Wildman–Crippen MR) is 69.5 cm³/mol. The van der Waals surface area contributed by atoms with Crippen LogP contribution in [0.4, 0.5) is 4.39 Å². The van der Waals surface area contributed by atoms with Crippen molar-refractivity contribution in [2.75, 3.05) is 6.54 Å². The molecule has 2 rings (SSSR count). The summed E-state index contributed by atoms with van der Waals surface area (Å²) in [6.07, 6.45) is -0.571. The number of rotatable bonds is 5. The minimum Gasteiger partial charge on any atom is -0.387 e. The van der Waals surface area contributed by atoms with Gasteiger partial charge in [0.2, 0.25) is 0 Å². The average molecular weight is 245 g/mol. The Bertz CT molecular complexity index is 487. The standard InChI is InChI=1S/C15H16FNO/c16-14-9-5-4-8-13(14)10-17-11-15(18)12-6-2-1-3-7-12/h1-9,15,17-18H,10-11H2/t15-/m1/s1. The number of hydrogen-bond acceptors (Lipinski definition) is 2. The Morgan fingerprint density at radius 2 is 1.67 bits per heavy atom. The van der Waals surface area contributed by atoms with E-state index >= 15 is 0 Å². The van der Waals surface area contributed by atoms with E-state index in [1.807, 2.05) is 30.3 Å². The van der Waals surface area contributed by atoms with Crippen LogP contribution >= 0.6 is 0 Å². The third kappa shape index (κ3) is 3.39. The summed E-state index contributed by atoms with van der Waals surface area (Å²) in [6.45, 7) is 0.814. The highest BCUT2D eigenvalue weighted by Crippen LogP contribution is 2.11. The van der Waals surface area contributed by atoms with Crippen LogP contribution in [-0.4, -0.2) is 11.7 Å². The summed E-state index contributed by atoms with van der Waals surface area (Å²) in [6, 6.07) is 16.0. The fourth-order valence-electron chi connectivity index (χ4n) is 1.78. The van der Waals surface area contributed by atoms with Gasteiger partial charge in [-0.3, -0.25) is 0 Å². The van der Waals surface area contributed by atoms with Gasteiger partial charge in [-0.15, -0.1) is 0 Å². The first-order chi connectivity index (χ1) is 8.77. The number of benzene rings is 2. The summed E-state index contributed by atoms with van der Waals surface area (Å²) in [5, 5.41) is 13.0. The maximum absolute atomic E-state index is 13.3. The Balaban J connectivity index is 1.84. The van der Waals surface area contributed by atoms with Gasteiger partial charge in [0.15, 0.2) is 0 Å². The van der Waals surface area contributed by atoms with Gasteiger partial charge in [0, 0.05) is 18.7 Å². The lowest BCUT2D eigenvalue weighted by Crippen LogP contribution is -2.21. The molecule has 18 heavy (non-hydrogen) atoms. The molecule has 0 unspecified atom stereocenters. The van der Waals surface area contributed by atoms with Crippen molar-refractivity contribution in [3.8, 4) is 0 Å². The van der Waals surface area contributed by atoms with Gasteiger partial charge in [-0.05, 0) is 11.6 Å². The van der Waals surface area contributed by atoms with Gasteiger partial charge in [0.05, 0.1) is 6.10 Å². The van der Waals surface area contributed by atoms with Crippen LogP contribution in [0.25, 0.3) is 0 Å². The quantitative estimate of drug-likeness (QED) is 0.848. The van der Waals surface area contributed by atoms with Gasteiger partial charge < -0.3 is 10.4 Å². The highest BCUT2D eigenvalue weighted by molar-refractivity contribution is 5.18. The molecule has 1 atom stereocenters. The SMILES string of the molecule is O[C@H](CNCc1ccccc1F)c1ccccc1. The van der Waals surface area contributed by atoms with Crippen molar-refractivity contribution < 1.29 is 9.50 Å². The minimum atomic E-state index is -0.571. The molecular weight excluding hydrogens is 229 g/mol. The summed E-state index contributed by atoms with van der Waals surface area (Å²) >= 11 is 0. The first-order valence-corrected chi connectivity index (χ1v) is 5.94. The second-order valence-electron chi connectivity index (χ2n) is 4.15. The van der Waals surface area contributed by atoms with Gasteiger partial charge in [-0.2, -0.15) is 0 Å². The van der Waals surface area contributed by atoms with Gasteiger partial charge in [0.25, 0.3) is 0 Å². The fourth-order valence-corrected chi connectivity index (χ4v) is 1.78. The summed E-state index contributed by atoms with van der Waals surface area (Å²) in [5.74, 6) is -0.223. The van der Waals surface area contributed by atoms with Crippen molar-refractivity contribution >= 4 is 0 Å². The van der Waals surface area contributed by atoms with E-state index in [4.69, 9.17) is 0 Å². The van der Waals surface area contributed by atoms with Crippen LogP contribution in [0.1, 0.15) is 17.2 Å². The van der Waals surface area contributed by atoms with Crippen LogP contribution in [0.5, 0.6) is 0 Å². The topological polar surface area (TPSA) is 32.3 Å². The molecule has 0 aliphatic carbocycles. The van der Waals surface area contributed by atoms with Crippen molar-refractivity contribution in [2.45, 2.75) is 12.6 Å². The van der Waals surface area contributed by atoms with E-state index in [0.29, 0.717) is 18.7 Å². The molecule has 2 aromatic carbocycles. The summed E-state index contributed by atoms with van der Waals surface area (Å²) < 4.78 is 13.3. The zero-order chi connectivity index (χ0) is 12.8. The van der Waals surface area contributed by atoms with Gasteiger partial charge >= 0.3 is 0 Å². The number of aliphatic hydroxyl groups is 1. The maximum atomic E-state index is 13.3. The molecule has 0 radical (unpaired) electrons. The van der Waals surface area contributed by atoms with E-state index in [2.05, 4.69) is 5.32 Å². The van der Waals surface area contributed by atoms with Crippen molar-refractivity contribution in [3.05, 3.63) is 71.5 Å². The lowest BCUT2D eigenvalue weighted by atomic mass is 10.1. The molecule has 0 bridgehead atoms. The Morgan fingerprint density at radius 3 is 2.39 bits per heavy atom. The van der Waals surface area contributed by atoms with Crippen LogP contribution < -0.4 is 5.32 Å². The van der Waals surface area contributed by atoms with Gasteiger partial charge in [0.1, 0.15) is 5.82 Å². The van der Waals surface area contributed by atoms with Crippen LogP contribution in [0.2, 0.25) is 0 Å². The molecular formula is C15H16FNO. The van der Waals surface area contributed by atoms with E-state index in [0.717, 1.165) is 5.56 Å². The summed E-state index contributed by atoms with van der Waals surface area (Å²) in [4.78, 5) is 0. The normalized spacial score (nSPS) is 12.3. The van der Waals surface area contributed by atoms with E-state index in [9.17, 15) is 9.50 Å².